The summed E-state index contributed by atoms with van der Waals surface area (Å²) in [5.74, 6) is -1.79. The van der Waals surface area contributed by atoms with Gasteiger partial charge in [-0.2, -0.15) is 0 Å². The second-order valence-corrected chi connectivity index (χ2v) is 8.41. The van der Waals surface area contributed by atoms with E-state index in [0.29, 0.717) is 42.5 Å². The molecule has 0 aliphatic carbocycles. The molecule has 0 aromatic heterocycles. The second-order valence-electron chi connectivity index (χ2n) is 7.27. The van der Waals surface area contributed by atoms with Crippen molar-refractivity contribution >= 4 is 41.3 Å². The van der Waals surface area contributed by atoms with Gasteiger partial charge in [-0.15, -0.1) is 11.8 Å². The van der Waals surface area contributed by atoms with Crippen LogP contribution in [0.4, 0.5) is 0 Å². The minimum absolute atomic E-state index is 0.0849. The molecule has 1 atom stereocenters. The molecule has 1 aromatic carbocycles. The van der Waals surface area contributed by atoms with E-state index in [-0.39, 0.29) is 31.4 Å². The number of ether oxygens (including phenoxy) is 2. The Bertz CT molecular complexity index is 921. The van der Waals surface area contributed by atoms with Crippen molar-refractivity contribution in [3.8, 4) is 0 Å². The largest absolute Gasteiger partial charge is 0.379 e. The molecule has 1 saturated heterocycles. The highest BCUT2D eigenvalue weighted by Gasteiger charge is 2.45. The van der Waals surface area contributed by atoms with Gasteiger partial charge in [0, 0.05) is 30.1 Å². The van der Waals surface area contributed by atoms with E-state index in [1.807, 2.05) is 0 Å². The van der Waals surface area contributed by atoms with Crippen molar-refractivity contribution in [2.75, 3.05) is 32.2 Å². The first-order valence-corrected chi connectivity index (χ1v) is 11.3. The van der Waals surface area contributed by atoms with Crippen LogP contribution in [0.1, 0.15) is 46.4 Å². The average molecular weight is 464 g/mol. The van der Waals surface area contributed by atoms with E-state index in [1.165, 1.54) is 11.8 Å². The van der Waals surface area contributed by atoms with Crippen molar-refractivity contribution in [2.45, 2.75) is 36.6 Å². The van der Waals surface area contributed by atoms with Crippen molar-refractivity contribution in [1.29, 1.82) is 0 Å². The number of benzene rings is 1. The molecular formula is C21H25N3O7S. The molecule has 1 aromatic rings. The highest BCUT2D eigenvalue weighted by Crippen LogP contribution is 2.34. The first kappa shape index (κ1) is 23.9. The Morgan fingerprint density at radius 2 is 1.84 bits per heavy atom. The predicted molar refractivity (Wildman–Crippen MR) is 114 cm³/mol. The fourth-order valence-electron chi connectivity index (χ4n) is 3.44. The molecule has 1 unspecified atom stereocenters. The normalized spacial score (nSPS) is 18.1. The summed E-state index contributed by atoms with van der Waals surface area (Å²) in [5.41, 5.74) is 5.59. The van der Waals surface area contributed by atoms with Gasteiger partial charge in [-0.25, -0.2) is 0 Å². The maximum Gasteiger partial charge on any atom is 0.263 e. The van der Waals surface area contributed by atoms with Crippen molar-refractivity contribution in [3.05, 3.63) is 29.3 Å². The van der Waals surface area contributed by atoms with E-state index < -0.39 is 35.6 Å². The van der Waals surface area contributed by atoms with E-state index in [4.69, 9.17) is 15.2 Å². The number of fused-ring (bicyclic) bond motifs is 1. The lowest BCUT2D eigenvalue weighted by atomic mass is 10.0. The summed E-state index contributed by atoms with van der Waals surface area (Å²) in [4.78, 5) is 61.6. The lowest BCUT2D eigenvalue weighted by molar-refractivity contribution is -0.136. The fraction of sp³-hybridized carbons (Fsp3) is 0.476. The maximum absolute atomic E-state index is 13.0. The Morgan fingerprint density at radius 1 is 1.09 bits per heavy atom. The maximum atomic E-state index is 13.0. The number of amides is 5. The molecule has 172 valence electrons. The van der Waals surface area contributed by atoms with Gasteiger partial charge in [-0.3, -0.25) is 34.2 Å². The lowest BCUT2D eigenvalue weighted by Gasteiger charge is -2.27. The zero-order chi connectivity index (χ0) is 23.1. The summed E-state index contributed by atoms with van der Waals surface area (Å²) in [6.45, 7) is 1.55. The third-order valence-electron chi connectivity index (χ3n) is 4.99. The summed E-state index contributed by atoms with van der Waals surface area (Å²) in [7, 11) is 0. The number of imide groups is 2. The van der Waals surface area contributed by atoms with Crippen LogP contribution in [-0.4, -0.2) is 72.7 Å². The molecule has 32 heavy (non-hydrogen) atoms. The van der Waals surface area contributed by atoms with Crippen LogP contribution in [0.3, 0.4) is 0 Å². The quantitative estimate of drug-likeness (QED) is 0.259. The first-order chi connectivity index (χ1) is 15.4. The van der Waals surface area contributed by atoms with Gasteiger partial charge in [-0.1, -0.05) is 6.07 Å². The number of piperidine rings is 1. The highest BCUT2D eigenvalue weighted by molar-refractivity contribution is 7.99. The monoisotopic (exact) mass is 463 g/mol. The number of nitrogens with one attached hydrogen (secondary N) is 1. The van der Waals surface area contributed by atoms with Gasteiger partial charge in [0.2, 0.25) is 17.7 Å². The first-order valence-electron chi connectivity index (χ1n) is 10.3. The fourth-order valence-corrected chi connectivity index (χ4v) is 4.44. The molecule has 2 aliphatic rings. The van der Waals surface area contributed by atoms with Crippen molar-refractivity contribution in [3.63, 3.8) is 0 Å². The predicted octanol–water partition coefficient (Wildman–Crippen LogP) is 0.479. The molecule has 3 rings (SSSR count). The number of nitrogens with two attached hydrogens (primary N) is 1. The zero-order valence-corrected chi connectivity index (χ0v) is 18.3. The van der Waals surface area contributed by atoms with Crippen LogP contribution in [0, 0.1) is 0 Å². The number of carbonyl (C=O) groups is 5. The van der Waals surface area contributed by atoms with Gasteiger partial charge in [0.05, 0.1) is 30.9 Å². The molecular weight excluding hydrogens is 438 g/mol. The van der Waals surface area contributed by atoms with Gasteiger partial charge >= 0.3 is 0 Å². The van der Waals surface area contributed by atoms with Crippen LogP contribution < -0.4 is 11.1 Å². The number of rotatable bonds is 12. The molecule has 3 N–H and O–H groups in total. The Kier molecular flexibility index (Phi) is 8.37. The molecule has 11 heteroatoms. The van der Waals surface area contributed by atoms with Crippen LogP contribution in [0.5, 0.6) is 0 Å². The summed E-state index contributed by atoms with van der Waals surface area (Å²) >= 11 is 1.44. The van der Waals surface area contributed by atoms with Gasteiger partial charge < -0.3 is 15.2 Å². The Morgan fingerprint density at radius 3 is 2.56 bits per heavy atom. The minimum atomic E-state index is -0.975. The van der Waals surface area contributed by atoms with E-state index in [1.54, 1.807) is 18.2 Å². The van der Waals surface area contributed by atoms with Crippen LogP contribution in [0.25, 0.3) is 0 Å². The van der Waals surface area contributed by atoms with Crippen molar-refractivity contribution in [1.82, 2.24) is 10.2 Å². The van der Waals surface area contributed by atoms with Gasteiger partial charge in [0.15, 0.2) is 0 Å². The number of primary amides is 1. The zero-order valence-electron chi connectivity index (χ0n) is 17.5. The van der Waals surface area contributed by atoms with Gasteiger partial charge in [0.1, 0.15) is 6.04 Å². The smallest absolute Gasteiger partial charge is 0.263 e. The van der Waals surface area contributed by atoms with Crippen molar-refractivity contribution < 1.29 is 33.4 Å². The molecule has 2 heterocycles. The van der Waals surface area contributed by atoms with E-state index >= 15 is 0 Å². The van der Waals surface area contributed by atoms with E-state index in [2.05, 4.69) is 5.32 Å². The van der Waals surface area contributed by atoms with Crippen LogP contribution in [0.2, 0.25) is 0 Å². The topological polar surface area (TPSA) is 145 Å². The summed E-state index contributed by atoms with van der Waals surface area (Å²) in [6.07, 6.45) is 1.11. The standard InChI is InChI=1S/C21H25N3O7S/c22-16(25)7-9-31-11-10-30-8-2-12-32-15-4-1-3-13-18(15)21(29)24(20(13)28)14-5-6-17(26)23-19(14)27/h1,3-4,14H,2,5-12H2,(H2,22,25)(H,23,26,27). The molecule has 0 spiro atoms. The molecule has 1 fully saturated rings. The Balaban J connectivity index is 1.48. The second kappa shape index (κ2) is 11.2. The average Bonchev–Trinajstić information content (AvgIpc) is 3.00. The highest BCUT2D eigenvalue weighted by atomic mass is 32.2. The number of hydrogen-bond donors (Lipinski definition) is 2. The number of nitrogens with zero attached hydrogens (tertiary/aromatic N) is 1. The van der Waals surface area contributed by atoms with Gasteiger partial charge in [-0.05, 0) is 25.0 Å². The van der Waals surface area contributed by atoms with Crippen LogP contribution in [0.15, 0.2) is 23.1 Å². The molecule has 10 nitrogen and oxygen atoms in total. The van der Waals surface area contributed by atoms with E-state index in [0.717, 1.165) is 4.90 Å². The summed E-state index contributed by atoms with van der Waals surface area (Å²) in [6, 6.07) is 4.08. The van der Waals surface area contributed by atoms with E-state index in [9.17, 15) is 24.0 Å². The molecule has 0 radical (unpaired) electrons. The van der Waals surface area contributed by atoms with Gasteiger partial charge in [0.25, 0.3) is 11.8 Å². The van der Waals surface area contributed by atoms with Crippen molar-refractivity contribution in [2.24, 2.45) is 5.73 Å². The lowest BCUT2D eigenvalue weighted by Crippen LogP contribution is -2.54. The summed E-state index contributed by atoms with van der Waals surface area (Å²) < 4.78 is 10.7. The van der Waals surface area contributed by atoms with Crippen LogP contribution in [-0.2, 0) is 23.9 Å². The number of hydrogen-bond acceptors (Lipinski definition) is 8. The van der Waals surface area contributed by atoms with Crippen LogP contribution >= 0.6 is 11.8 Å². The summed E-state index contributed by atoms with van der Waals surface area (Å²) in [5, 5.41) is 2.19. The molecule has 5 amide bonds. The third-order valence-corrected chi connectivity index (χ3v) is 6.13. The molecule has 0 saturated carbocycles. The Hall–Kier alpha value is -2.76. The minimum Gasteiger partial charge on any atom is -0.379 e. The molecule has 0 bridgehead atoms. The molecule has 2 aliphatic heterocycles. The number of thioether (sulfide) groups is 1. The third kappa shape index (κ3) is 5.72. The Labute approximate surface area is 189 Å². The SMILES string of the molecule is NC(=O)CCOCCOCCCSc1cccc2c1C(=O)N(C1CCC(=O)NC1=O)C2=O. The number of carbonyl (C=O) groups excluding carboxylic acids is 5.